The summed E-state index contributed by atoms with van der Waals surface area (Å²) in [6.45, 7) is 1.19. The van der Waals surface area contributed by atoms with Gasteiger partial charge in [-0.25, -0.2) is 0 Å². The molecule has 7 heteroatoms. The van der Waals surface area contributed by atoms with Crippen LogP contribution in [0.25, 0.3) is 0 Å². The molecule has 132 valence electrons. The van der Waals surface area contributed by atoms with Crippen LogP contribution in [0.4, 0.5) is 18.9 Å². The Morgan fingerprint density at radius 1 is 1.04 bits per heavy atom. The van der Waals surface area contributed by atoms with E-state index in [0.717, 1.165) is 6.07 Å². The first-order chi connectivity index (χ1) is 11.8. The van der Waals surface area contributed by atoms with Crippen molar-refractivity contribution < 1.29 is 27.5 Å². The Labute approximate surface area is 142 Å². The van der Waals surface area contributed by atoms with Crippen LogP contribution < -0.4 is 10.1 Å². The molecule has 0 unspecified atom stereocenters. The Morgan fingerprint density at radius 3 is 2.28 bits per heavy atom. The van der Waals surface area contributed by atoms with Gasteiger partial charge < -0.3 is 10.1 Å². The van der Waals surface area contributed by atoms with E-state index < -0.39 is 29.9 Å². The number of rotatable bonds is 6. The molecular weight excluding hydrogens is 335 g/mol. The predicted octanol–water partition coefficient (Wildman–Crippen LogP) is 4.32. The maximum atomic E-state index is 12.9. The summed E-state index contributed by atoms with van der Waals surface area (Å²) >= 11 is 0. The zero-order valence-electron chi connectivity index (χ0n) is 13.4. The second kappa shape index (κ2) is 7.83. The molecular formula is C18H16F3NO3. The average Bonchev–Trinajstić information content (AvgIpc) is 2.59. The number of carbonyl (C=O) groups excluding carboxylic acids is 2. The SMILES string of the molecule is CCC(=O)Nc1ccc(C(=O)COc2ccccc2C(F)(F)F)cc1. The van der Waals surface area contributed by atoms with Gasteiger partial charge in [-0.1, -0.05) is 19.1 Å². The summed E-state index contributed by atoms with van der Waals surface area (Å²) in [5, 5.41) is 2.63. The van der Waals surface area contributed by atoms with E-state index in [-0.39, 0.29) is 11.5 Å². The van der Waals surface area contributed by atoms with Crippen molar-refractivity contribution in [1.82, 2.24) is 0 Å². The predicted molar refractivity (Wildman–Crippen MR) is 86.6 cm³/mol. The highest BCUT2D eigenvalue weighted by Gasteiger charge is 2.34. The summed E-state index contributed by atoms with van der Waals surface area (Å²) < 4.78 is 43.7. The van der Waals surface area contributed by atoms with Gasteiger partial charge >= 0.3 is 6.18 Å². The maximum Gasteiger partial charge on any atom is 0.419 e. The Hall–Kier alpha value is -2.83. The van der Waals surface area contributed by atoms with E-state index in [1.807, 2.05) is 0 Å². The van der Waals surface area contributed by atoms with E-state index in [4.69, 9.17) is 4.74 Å². The average molecular weight is 351 g/mol. The molecule has 0 atom stereocenters. The molecule has 0 saturated carbocycles. The van der Waals surface area contributed by atoms with E-state index in [1.165, 1.54) is 30.3 Å². The minimum Gasteiger partial charge on any atom is -0.485 e. The molecule has 4 nitrogen and oxygen atoms in total. The molecule has 0 radical (unpaired) electrons. The number of anilines is 1. The fraction of sp³-hybridized carbons (Fsp3) is 0.222. The number of carbonyl (C=O) groups is 2. The minimum atomic E-state index is -4.56. The molecule has 0 spiro atoms. The number of amides is 1. The Bertz CT molecular complexity index is 755. The number of hydrogen-bond donors (Lipinski definition) is 1. The second-order valence-corrected chi connectivity index (χ2v) is 5.18. The van der Waals surface area contributed by atoms with Gasteiger partial charge in [-0.05, 0) is 36.4 Å². The molecule has 0 aliphatic carbocycles. The summed E-state index contributed by atoms with van der Waals surface area (Å²) in [4.78, 5) is 23.4. The van der Waals surface area contributed by atoms with E-state index in [2.05, 4.69) is 5.32 Å². The summed E-state index contributed by atoms with van der Waals surface area (Å²) in [7, 11) is 0. The molecule has 2 aromatic carbocycles. The second-order valence-electron chi connectivity index (χ2n) is 5.18. The van der Waals surface area contributed by atoms with Gasteiger partial charge in [0.25, 0.3) is 0 Å². The van der Waals surface area contributed by atoms with Crippen molar-refractivity contribution in [3.05, 3.63) is 59.7 Å². The number of para-hydroxylation sites is 1. The number of Topliss-reactive ketones (excluding diaryl/α,β-unsaturated/α-hetero) is 1. The first-order valence-electron chi connectivity index (χ1n) is 7.53. The van der Waals surface area contributed by atoms with Crippen molar-refractivity contribution in [3.8, 4) is 5.75 Å². The molecule has 0 aliphatic heterocycles. The highest BCUT2D eigenvalue weighted by atomic mass is 19.4. The van der Waals surface area contributed by atoms with Crippen molar-refractivity contribution in [2.24, 2.45) is 0 Å². The lowest BCUT2D eigenvalue weighted by Gasteiger charge is -2.13. The molecule has 0 fully saturated rings. The summed E-state index contributed by atoms with van der Waals surface area (Å²) in [5.41, 5.74) is -0.119. The molecule has 0 aromatic heterocycles. The van der Waals surface area contributed by atoms with Crippen LogP contribution in [0.2, 0.25) is 0 Å². The number of halogens is 3. The standard InChI is InChI=1S/C18H16F3NO3/c1-2-17(24)22-13-9-7-12(8-10-13)15(23)11-25-16-6-4-3-5-14(16)18(19,20)21/h3-10H,2,11H2,1H3,(H,22,24). The smallest absolute Gasteiger partial charge is 0.419 e. The third kappa shape index (κ3) is 5.07. The van der Waals surface area contributed by atoms with Crippen molar-refractivity contribution in [2.45, 2.75) is 19.5 Å². The molecule has 0 saturated heterocycles. The summed E-state index contributed by atoms with van der Waals surface area (Å²) in [6, 6.07) is 10.8. The van der Waals surface area contributed by atoms with Crippen LogP contribution in [0.3, 0.4) is 0 Å². The van der Waals surface area contributed by atoms with Gasteiger partial charge in [0, 0.05) is 17.7 Å². The topological polar surface area (TPSA) is 55.4 Å². The molecule has 2 rings (SSSR count). The number of nitrogens with one attached hydrogen (secondary N) is 1. The zero-order chi connectivity index (χ0) is 18.4. The van der Waals surface area contributed by atoms with E-state index in [9.17, 15) is 22.8 Å². The molecule has 1 amide bonds. The van der Waals surface area contributed by atoms with Gasteiger partial charge in [0.2, 0.25) is 5.91 Å². The van der Waals surface area contributed by atoms with Crippen LogP contribution >= 0.6 is 0 Å². The lowest BCUT2D eigenvalue weighted by Crippen LogP contribution is -2.15. The fourth-order valence-corrected chi connectivity index (χ4v) is 2.04. The van der Waals surface area contributed by atoms with Gasteiger partial charge in [-0.15, -0.1) is 0 Å². The molecule has 0 aliphatic rings. The molecule has 0 bridgehead atoms. The normalized spacial score (nSPS) is 11.0. The molecule has 0 heterocycles. The fourth-order valence-electron chi connectivity index (χ4n) is 2.04. The van der Waals surface area contributed by atoms with Crippen molar-refractivity contribution in [1.29, 1.82) is 0 Å². The Morgan fingerprint density at radius 2 is 1.68 bits per heavy atom. The third-order valence-electron chi connectivity index (χ3n) is 3.36. The summed E-state index contributed by atoms with van der Waals surface area (Å²) in [6.07, 6.45) is -4.23. The highest BCUT2D eigenvalue weighted by molar-refractivity contribution is 5.98. The maximum absolute atomic E-state index is 12.9. The minimum absolute atomic E-state index is 0.161. The largest absolute Gasteiger partial charge is 0.485 e. The number of ketones is 1. The zero-order valence-corrected chi connectivity index (χ0v) is 13.4. The first-order valence-corrected chi connectivity index (χ1v) is 7.53. The van der Waals surface area contributed by atoms with E-state index in [1.54, 1.807) is 19.1 Å². The van der Waals surface area contributed by atoms with Crippen LogP contribution in [-0.4, -0.2) is 18.3 Å². The van der Waals surface area contributed by atoms with Gasteiger partial charge in [0.1, 0.15) is 5.75 Å². The number of ether oxygens (including phenoxy) is 1. The quantitative estimate of drug-likeness (QED) is 0.789. The number of alkyl halides is 3. The highest BCUT2D eigenvalue weighted by Crippen LogP contribution is 2.35. The number of hydrogen-bond acceptors (Lipinski definition) is 3. The van der Waals surface area contributed by atoms with Gasteiger partial charge in [0.05, 0.1) is 5.56 Å². The molecule has 2 aromatic rings. The summed E-state index contributed by atoms with van der Waals surface area (Å²) in [5.74, 6) is -1.02. The van der Waals surface area contributed by atoms with Gasteiger partial charge in [-0.3, -0.25) is 9.59 Å². The van der Waals surface area contributed by atoms with Crippen molar-refractivity contribution in [2.75, 3.05) is 11.9 Å². The van der Waals surface area contributed by atoms with Crippen LogP contribution in [0, 0.1) is 0 Å². The Kier molecular flexibility index (Phi) is 5.80. The lowest BCUT2D eigenvalue weighted by atomic mass is 10.1. The van der Waals surface area contributed by atoms with Crippen molar-refractivity contribution >= 4 is 17.4 Å². The first kappa shape index (κ1) is 18.5. The van der Waals surface area contributed by atoms with Crippen molar-refractivity contribution in [3.63, 3.8) is 0 Å². The monoisotopic (exact) mass is 351 g/mol. The van der Waals surface area contributed by atoms with Crippen LogP contribution in [0.5, 0.6) is 5.75 Å². The van der Waals surface area contributed by atoms with Crippen LogP contribution in [0.15, 0.2) is 48.5 Å². The molecule has 1 N–H and O–H groups in total. The van der Waals surface area contributed by atoms with Gasteiger partial charge in [-0.2, -0.15) is 13.2 Å². The number of benzene rings is 2. The van der Waals surface area contributed by atoms with Gasteiger partial charge in [0.15, 0.2) is 12.4 Å². The Balaban J connectivity index is 2.03. The molecule has 25 heavy (non-hydrogen) atoms. The lowest BCUT2D eigenvalue weighted by molar-refractivity contribution is -0.138. The van der Waals surface area contributed by atoms with E-state index >= 15 is 0 Å². The van der Waals surface area contributed by atoms with Crippen LogP contribution in [0.1, 0.15) is 29.3 Å². The third-order valence-corrected chi connectivity index (χ3v) is 3.36. The van der Waals surface area contributed by atoms with E-state index in [0.29, 0.717) is 12.1 Å². The van der Waals surface area contributed by atoms with Crippen LogP contribution in [-0.2, 0) is 11.0 Å².